The Morgan fingerprint density at radius 1 is 0.182 bits per heavy atom. The van der Waals surface area contributed by atoms with Crippen molar-refractivity contribution in [1.82, 2.24) is 0 Å². The van der Waals surface area contributed by atoms with E-state index in [-0.39, 0.29) is 0 Å². The fourth-order valence-electron chi connectivity index (χ4n) is 13.3. The van der Waals surface area contributed by atoms with E-state index in [2.05, 4.69) is 204 Å². The van der Waals surface area contributed by atoms with Crippen molar-refractivity contribution in [2.45, 2.75) is 83.1 Å². The molecule has 0 N–H and O–H groups in total. The summed E-state index contributed by atoms with van der Waals surface area (Å²) >= 11 is 0. The van der Waals surface area contributed by atoms with Crippen LogP contribution < -0.4 is 0 Å². The number of benzene rings is 10. The predicted octanol–water partition coefficient (Wildman–Crippen LogP) is 19.0. The van der Waals surface area contributed by atoms with Crippen LogP contribution in [0.3, 0.4) is 0 Å². The highest BCUT2D eigenvalue weighted by atomic mass is 14.3. The third kappa shape index (κ3) is 5.83. The normalized spacial score (nSPS) is 12.2. The van der Waals surface area contributed by atoms with Crippen molar-refractivity contribution in [3.63, 3.8) is 0 Å². The minimum atomic E-state index is 1.29. The highest BCUT2D eigenvalue weighted by Gasteiger charge is 2.24. The molecule has 0 spiro atoms. The fourth-order valence-corrected chi connectivity index (χ4v) is 13.3. The van der Waals surface area contributed by atoms with Gasteiger partial charge in [0.15, 0.2) is 0 Å². The molecule has 12 aromatic carbocycles. The molecule has 0 atom stereocenters. The summed E-state index contributed by atoms with van der Waals surface area (Å²) in [4.78, 5) is 0. The van der Waals surface area contributed by atoms with Gasteiger partial charge in [0.05, 0.1) is 0 Å². The van der Waals surface area contributed by atoms with Crippen LogP contribution in [0.2, 0.25) is 0 Å². The molecule has 12 aromatic rings. The highest BCUT2D eigenvalue weighted by molar-refractivity contribution is 6.42. The maximum Gasteiger partial charge on any atom is -0.00195 e. The second-order valence-corrected chi connectivity index (χ2v) is 20.5. The van der Waals surface area contributed by atoms with Crippen molar-refractivity contribution in [3.8, 4) is 44.5 Å². The van der Waals surface area contributed by atoms with Crippen molar-refractivity contribution in [2.75, 3.05) is 0 Å². The molecular formula is C66H56. The topological polar surface area (TPSA) is 0 Å². The average molecular weight is 849 g/mol. The summed E-state index contributed by atoms with van der Waals surface area (Å²) in [5, 5.41) is 18.7. The van der Waals surface area contributed by atoms with Gasteiger partial charge in [0.1, 0.15) is 0 Å². The van der Waals surface area contributed by atoms with E-state index < -0.39 is 0 Å². The maximum absolute atomic E-state index is 2.57. The van der Waals surface area contributed by atoms with E-state index in [9.17, 15) is 0 Å². The molecule has 0 saturated carbocycles. The number of hydrogen-bond acceptors (Lipinski definition) is 0. The molecule has 0 aromatic heterocycles. The first kappa shape index (κ1) is 40.5. The molecule has 12 rings (SSSR count). The molecule has 0 amide bonds. The predicted molar refractivity (Wildman–Crippen MR) is 290 cm³/mol. The Morgan fingerprint density at radius 3 is 0.682 bits per heavy atom. The average Bonchev–Trinajstić information content (AvgIpc) is 3.71. The molecule has 0 saturated heterocycles. The standard InChI is InChI=1S/C66H56/c1-33-17-37(5)61(38(6)18-33)45-13-15-49-51(25-45)59-31-53-54(57-29-47(27-55(49)65(57)59)63-41(9)21-35(3)22-42(63)10)32-60-52-26-46(62-39(7)19-34(2)20-40(62)8)14-16-50(52)56-28-48(30-58(53)66(56)60)64-43(11)23-36(4)24-44(64)12/h13-32H,1-12H3. The molecule has 0 fully saturated rings. The van der Waals surface area contributed by atoms with Gasteiger partial charge in [0.2, 0.25) is 0 Å². The minimum absolute atomic E-state index is 1.29. The van der Waals surface area contributed by atoms with Crippen LogP contribution in [0.4, 0.5) is 0 Å². The lowest BCUT2D eigenvalue weighted by molar-refractivity contribution is 1.32. The van der Waals surface area contributed by atoms with E-state index in [1.165, 1.54) is 187 Å². The molecule has 0 unspecified atom stereocenters. The van der Waals surface area contributed by atoms with Crippen LogP contribution in [0, 0.1) is 83.1 Å². The maximum atomic E-state index is 2.57. The summed E-state index contributed by atoms with van der Waals surface area (Å²) in [6, 6.07) is 48.6. The first-order chi connectivity index (χ1) is 31.6. The van der Waals surface area contributed by atoms with E-state index >= 15 is 0 Å². The summed E-state index contributed by atoms with van der Waals surface area (Å²) in [7, 11) is 0. The van der Waals surface area contributed by atoms with Crippen LogP contribution in [0.1, 0.15) is 66.8 Å². The number of rotatable bonds is 4. The van der Waals surface area contributed by atoms with Crippen LogP contribution >= 0.6 is 0 Å². The molecule has 320 valence electrons. The van der Waals surface area contributed by atoms with Crippen molar-refractivity contribution in [1.29, 1.82) is 0 Å². The van der Waals surface area contributed by atoms with Crippen LogP contribution in [-0.2, 0) is 0 Å². The monoisotopic (exact) mass is 848 g/mol. The molecule has 0 aliphatic rings. The van der Waals surface area contributed by atoms with Gasteiger partial charge in [-0.15, -0.1) is 0 Å². The lowest BCUT2D eigenvalue weighted by Crippen LogP contribution is -1.92. The van der Waals surface area contributed by atoms with Crippen LogP contribution in [-0.4, -0.2) is 0 Å². The molecule has 0 radical (unpaired) electrons. The number of aryl methyl sites for hydroxylation is 12. The molecule has 0 aliphatic carbocycles. The third-order valence-electron chi connectivity index (χ3n) is 15.3. The van der Waals surface area contributed by atoms with Gasteiger partial charge in [0.25, 0.3) is 0 Å². The lowest BCUT2D eigenvalue weighted by Gasteiger charge is -2.16. The Kier molecular flexibility index (Phi) is 8.73. The third-order valence-corrected chi connectivity index (χ3v) is 15.3. The van der Waals surface area contributed by atoms with Gasteiger partial charge in [-0.3, -0.25) is 0 Å². The van der Waals surface area contributed by atoms with Gasteiger partial charge < -0.3 is 0 Å². The molecule has 0 aliphatic heterocycles. The van der Waals surface area contributed by atoms with Crippen LogP contribution in [0.15, 0.2) is 121 Å². The van der Waals surface area contributed by atoms with Gasteiger partial charge >= 0.3 is 0 Å². The van der Waals surface area contributed by atoms with E-state index in [1.807, 2.05) is 0 Å². The first-order valence-corrected chi connectivity index (χ1v) is 23.8. The second-order valence-electron chi connectivity index (χ2n) is 20.5. The van der Waals surface area contributed by atoms with Gasteiger partial charge in [0, 0.05) is 0 Å². The quantitative estimate of drug-likeness (QED) is 0.155. The molecule has 0 bridgehead atoms. The molecule has 0 nitrogen and oxygen atoms in total. The Bertz CT molecular complexity index is 3730. The van der Waals surface area contributed by atoms with Gasteiger partial charge in [-0.25, -0.2) is 0 Å². The fraction of sp³-hybridized carbons (Fsp3) is 0.182. The zero-order valence-electron chi connectivity index (χ0n) is 40.5. The summed E-state index contributed by atoms with van der Waals surface area (Å²) in [6.07, 6.45) is 0. The lowest BCUT2D eigenvalue weighted by atomic mass is 9.87. The summed E-state index contributed by atoms with van der Waals surface area (Å²) < 4.78 is 0. The Balaban J connectivity index is 1.28. The smallest absolute Gasteiger partial charge is 0.00195 e. The van der Waals surface area contributed by atoms with Crippen molar-refractivity contribution in [3.05, 3.63) is 188 Å². The zero-order chi connectivity index (χ0) is 45.8. The van der Waals surface area contributed by atoms with E-state index in [0.717, 1.165) is 0 Å². The van der Waals surface area contributed by atoms with Gasteiger partial charge in [-0.05, 0) is 296 Å². The van der Waals surface area contributed by atoms with E-state index in [4.69, 9.17) is 0 Å². The van der Waals surface area contributed by atoms with Crippen molar-refractivity contribution in [2.24, 2.45) is 0 Å². The van der Waals surface area contributed by atoms with Crippen molar-refractivity contribution < 1.29 is 0 Å². The summed E-state index contributed by atoms with van der Waals surface area (Å²) in [6.45, 7) is 27.1. The molecule has 66 heavy (non-hydrogen) atoms. The molecule has 0 heteroatoms. The van der Waals surface area contributed by atoms with Gasteiger partial charge in [-0.2, -0.15) is 0 Å². The number of hydrogen-bond donors (Lipinski definition) is 0. The Hall–Kier alpha value is -7.02. The van der Waals surface area contributed by atoms with Crippen LogP contribution in [0.25, 0.3) is 120 Å². The van der Waals surface area contributed by atoms with E-state index in [1.54, 1.807) is 0 Å². The highest BCUT2D eigenvalue weighted by Crippen LogP contribution is 2.51. The van der Waals surface area contributed by atoms with Crippen molar-refractivity contribution >= 4 is 75.4 Å². The SMILES string of the molecule is Cc1cc(C)c(-c2ccc3c(c2)c2cc4c(cc5c6cc(-c7c(C)cc(C)cc7C)ccc6c6cc(-c7c(C)cc(C)cc7C)cc4c65)c4cc(-c5c(C)cc(C)cc5C)cc3c42)c(C)c1. The first-order valence-electron chi connectivity index (χ1n) is 23.8. The van der Waals surface area contributed by atoms with Gasteiger partial charge in [-0.1, -0.05) is 95.1 Å². The molecule has 0 heterocycles. The summed E-state index contributed by atoms with van der Waals surface area (Å²) in [5.74, 6) is 0. The Morgan fingerprint density at radius 2 is 0.394 bits per heavy atom. The molecular weight excluding hydrogens is 793 g/mol. The summed E-state index contributed by atoms with van der Waals surface area (Å²) in [5.41, 5.74) is 26.3. The second kappa shape index (κ2) is 14.2. The van der Waals surface area contributed by atoms with Crippen LogP contribution in [0.5, 0.6) is 0 Å². The number of fused-ring (bicyclic) bond motifs is 9. The van der Waals surface area contributed by atoms with E-state index in [0.29, 0.717) is 0 Å². The minimum Gasteiger partial charge on any atom is -0.0557 e. The Labute approximate surface area is 389 Å². The largest absolute Gasteiger partial charge is 0.0557 e. The zero-order valence-corrected chi connectivity index (χ0v) is 40.5.